The molecule has 7 heteroatoms. The van der Waals surface area contributed by atoms with Crippen molar-refractivity contribution >= 4 is 16.7 Å². The second-order valence-electron chi connectivity index (χ2n) is 6.67. The molecular weight excluding hydrogens is 304 g/mol. The molecule has 0 bridgehead atoms. The predicted molar refractivity (Wildman–Crippen MR) is 91.1 cm³/mol. The van der Waals surface area contributed by atoms with Gasteiger partial charge in [-0.1, -0.05) is 17.3 Å². The Morgan fingerprint density at radius 2 is 1.83 bits per heavy atom. The minimum Gasteiger partial charge on any atom is -0.384 e. The van der Waals surface area contributed by atoms with Crippen molar-refractivity contribution in [2.24, 2.45) is 0 Å². The highest BCUT2D eigenvalue weighted by Gasteiger charge is 2.22. The number of benzene rings is 1. The van der Waals surface area contributed by atoms with Crippen LogP contribution < -0.4 is 4.90 Å². The lowest BCUT2D eigenvalue weighted by Gasteiger charge is -2.19. The number of aromatic nitrogens is 5. The largest absolute Gasteiger partial charge is 0.384 e. The smallest absolute Gasteiger partial charge is 0.254 e. The lowest BCUT2D eigenvalue weighted by Crippen LogP contribution is -2.20. The minimum atomic E-state index is -1.05. The van der Waals surface area contributed by atoms with E-state index in [1.165, 1.54) is 17.5 Å². The zero-order chi connectivity index (χ0) is 16.7. The molecule has 1 saturated heterocycles. The van der Waals surface area contributed by atoms with Crippen LogP contribution in [0.1, 0.15) is 32.4 Å². The maximum Gasteiger partial charge on any atom is 0.254 e. The third-order valence-electron chi connectivity index (χ3n) is 4.30. The summed E-state index contributed by atoms with van der Waals surface area (Å²) in [7, 11) is 0. The molecule has 124 valence electrons. The molecule has 0 saturated carbocycles. The standard InChI is InChI=1S/C17H20N6O/c1-17(2,24)14-11-23(21-20-14)16-18-13-8-4-3-7-12(13)15(19-16)22-9-5-6-10-22/h3-4,7-8,11,24H,5-6,9-10H2,1-2H3. The number of para-hydroxylation sites is 1. The van der Waals surface area contributed by atoms with Gasteiger partial charge in [-0.3, -0.25) is 0 Å². The molecule has 2 aromatic heterocycles. The van der Waals surface area contributed by atoms with Crippen LogP contribution in [0.3, 0.4) is 0 Å². The number of fused-ring (bicyclic) bond motifs is 1. The van der Waals surface area contributed by atoms with Gasteiger partial charge in [0.15, 0.2) is 0 Å². The Hall–Kier alpha value is -2.54. The van der Waals surface area contributed by atoms with Gasteiger partial charge in [-0.25, -0.2) is 4.98 Å². The van der Waals surface area contributed by atoms with Crippen LogP contribution in [0.15, 0.2) is 30.5 Å². The summed E-state index contributed by atoms with van der Waals surface area (Å²) in [6.45, 7) is 5.37. The molecule has 0 spiro atoms. The van der Waals surface area contributed by atoms with E-state index in [1.807, 2.05) is 18.2 Å². The van der Waals surface area contributed by atoms with Gasteiger partial charge in [0.1, 0.15) is 17.1 Å². The van der Waals surface area contributed by atoms with E-state index in [-0.39, 0.29) is 0 Å². The molecular formula is C17H20N6O. The maximum absolute atomic E-state index is 10.1. The molecule has 7 nitrogen and oxygen atoms in total. The van der Waals surface area contributed by atoms with E-state index < -0.39 is 5.60 Å². The molecule has 3 heterocycles. The molecule has 0 radical (unpaired) electrons. The molecule has 4 rings (SSSR count). The summed E-state index contributed by atoms with van der Waals surface area (Å²) < 4.78 is 1.53. The van der Waals surface area contributed by atoms with Crippen molar-refractivity contribution in [1.82, 2.24) is 25.0 Å². The molecule has 1 fully saturated rings. The summed E-state index contributed by atoms with van der Waals surface area (Å²) >= 11 is 0. The van der Waals surface area contributed by atoms with Gasteiger partial charge >= 0.3 is 0 Å². The van der Waals surface area contributed by atoms with E-state index in [0.29, 0.717) is 11.6 Å². The molecule has 0 unspecified atom stereocenters. The summed E-state index contributed by atoms with van der Waals surface area (Å²) in [5, 5.41) is 19.3. The van der Waals surface area contributed by atoms with Crippen molar-refractivity contribution < 1.29 is 5.11 Å². The zero-order valence-electron chi connectivity index (χ0n) is 13.8. The van der Waals surface area contributed by atoms with E-state index in [2.05, 4.69) is 26.3 Å². The molecule has 0 atom stereocenters. The number of rotatable bonds is 3. The molecule has 0 aliphatic carbocycles. The van der Waals surface area contributed by atoms with Crippen LogP contribution in [-0.4, -0.2) is 43.2 Å². The van der Waals surface area contributed by atoms with Gasteiger partial charge in [-0.15, -0.1) is 5.10 Å². The topological polar surface area (TPSA) is 80.0 Å². The van der Waals surface area contributed by atoms with Crippen molar-refractivity contribution in [1.29, 1.82) is 0 Å². The Balaban J connectivity index is 1.85. The zero-order valence-corrected chi connectivity index (χ0v) is 13.8. The van der Waals surface area contributed by atoms with Gasteiger partial charge in [0.25, 0.3) is 5.95 Å². The lowest BCUT2D eigenvalue weighted by molar-refractivity contribution is 0.0737. The molecule has 1 N–H and O–H groups in total. The molecule has 0 amide bonds. The molecule has 1 aliphatic heterocycles. The third kappa shape index (κ3) is 2.60. The highest BCUT2D eigenvalue weighted by atomic mass is 16.3. The van der Waals surface area contributed by atoms with E-state index in [0.717, 1.165) is 29.8 Å². The minimum absolute atomic E-state index is 0.471. The highest BCUT2D eigenvalue weighted by Crippen LogP contribution is 2.27. The van der Waals surface area contributed by atoms with Crippen LogP contribution in [0.2, 0.25) is 0 Å². The van der Waals surface area contributed by atoms with Crippen molar-refractivity contribution in [3.05, 3.63) is 36.2 Å². The lowest BCUT2D eigenvalue weighted by atomic mass is 10.1. The normalized spacial score (nSPS) is 15.4. The number of anilines is 1. The second kappa shape index (κ2) is 5.52. The Labute approximate surface area is 140 Å². The summed E-state index contributed by atoms with van der Waals surface area (Å²) in [4.78, 5) is 11.6. The first-order valence-corrected chi connectivity index (χ1v) is 8.20. The van der Waals surface area contributed by atoms with Crippen LogP contribution >= 0.6 is 0 Å². The Kier molecular flexibility index (Phi) is 3.45. The molecule has 1 aliphatic rings. The van der Waals surface area contributed by atoms with E-state index in [4.69, 9.17) is 4.98 Å². The van der Waals surface area contributed by atoms with Crippen LogP contribution in [0.25, 0.3) is 16.9 Å². The van der Waals surface area contributed by atoms with Crippen LogP contribution in [0, 0.1) is 0 Å². The van der Waals surface area contributed by atoms with E-state index in [1.54, 1.807) is 20.0 Å². The number of hydrogen-bond donors (Lipinski definition) is 1. The summed E-state index contributed by atoms with van der Waals surface area (Å²) in [6.07, 6.45) is 4.04. The van der Waals surface area contributed by atoms with Crippen molar-refractivity contribution in [3.8, 4) is 5.95 Å². The maximum atomic E-state index is 10.1. The molecule has 1 aromatic carbocycles. The summed E-state index contributed by atoms with van der Waals surface area (Å²) in [5.74, 6) is 1.41. The molecule has 3 aromatic rings. The van der Waals surface area contributed by atoms with Crippen molar-refractivity contribution in [2.45, 2.75) is 32.3 Å². The fraction of sp³-hybridized carbons (Fsp3) is 0.412. The first kappa shape index (κ1) is 15.0. The van der Waals surface area contributed by atoms with Crippen LogP contribution in [-0.2, 0) is 5.60 Å². The predicted octanol–water partition coefficient (Wildman–Crippen LogP) is 2.04. The summed E-state index contributed by atoms with van der Waals surface area (Å²) in [6, 6.07) is 8.01. The Morgan fingerprint density at radius 3 is 2.54 bits per heavy atom. The Bertz CT molecular complexity index is 876. The fourth-order valence-corrected chi connectivity index (χ4v) is 2.96. The first-order chi connectivity index (χ1) is 11.5. The number of aliphatic hydroxyl groups is 1. The second-order valence-corrected chi connectivity index (χ2v) is 6.67. The van der Waals surface area contributed by atoms with Gasteiger partial charge < -0.3 is 10.0 Å². The van der Waals surface area contributed by atoms with Gasteiger partial charge in [-0.2, -0.15) is 9.67 Å². The van der Waals surface area contributed by atoms with Crippen molar-refractivity contribution in [2.75, 3.05) is 18.0 Å². The average Bonchev–Trinajstić information content (AvgIpc) is 3.25. The number of hydrogen-bond acceptors (Lipinski definition) is 6. The fourth-order valence-electron chi connectivity index (χ4n) is 2.96. The van der Waals surface area contributed by atoms with Crippen LogP contribution in [0.5, 0.6) is 0 Å². The molecule has 24 heavy (non-hydrogen) atoms. The van der Waals surface area contributed by atoms with Gasteiger partial charge in [-0.05, 0) is 38.8 Å². The van der Waals surface area contributed by atoms with E-state index >= 15 is 0 Å². The first-order valence-electron chi connectivity index (χ1n) is 8.20. The monoisotopic (exact) mass is 324 g/mol. The van der Waals surface area contributed by atoms with Crippen LogP contribution in [0.4, 0.5) is 5.82 Å². The van der Waals surface area contributed by atoms with Gasteiger partial charge in [0, 0.05) is 18.5 Å². The van der Waals surface area contributed by atoms with Crippen molar-refractivity contribution in [3.63, 3.8) is 0 Å². The number of nitrogens with zero attached hydrogens (tertiary/aromatic N) is 6. The SMILES string of the molecule is CC(C)(O)c1cn(-c2nc(N3CCCC3)c3ccccc3n2)nn1. The van der Waals surface area contributed by atoms with E-state index in [9.17, 15) is 5.11 Å². The van der Waals surface area contributed by atoms with Gasteiger partial charge in [0.2, 0.25) is 0 Å². The third-order valence-corrected chi connectivity index (χ3v) is 4.30. The average molecular weight is 324 g/mol. The Morgan fingerprint density at radius 1 is 1.08 bits per heavy atom. The van der Waals surface area contributed by atoms with Gasteiger partial charge in [0.05, 0.1) is 11.7 Å². The quantitative estimate of drug-likeness (QED) is 0.794. The summed E-state index contributed by atoms with van der Waals surface area (Å²) in [5.41, 5.74) is 0.319. The highest BCUT2D eigenvalue weighted by molar-refractivity contribution is 5.90.